The van der Waals surface area contributed by atoms with Crippen LogP contribution < -0.4 is 10.5 Å². The van der Waals surface area contributed by atoms with Gasteiger partial charge in [0.25, 0.3) is 0 Å². The number of rotatable bonds is 4. The van der Waals surface area contributed by atoms with E-state index in [1.165, 1.54) is 0 Å². The molecule has 80 valence electrons. The maximum Gasteiger partial charge on any atom is 0.221 e. The fourth-order valence-electron chi connectivity index (χ4n) is 1.14. The Morgan fingerprint density at radius 2 is 2.33 bits per heavy atom. The Morgan fingerprint density at radius 1 is 1.60 bits per heavy atom. The largest absolute Gasteiger partial charge is 0.496 e. The van der Waals surface area contributed by atoms with Gasteiger partial charge in [-0.3, -0.25) is 4.79 Å². The van der Waals surface area contributed by atoms with Crippen molar-refractivity contribution in [3.05, 3.63) is 34.9 Å². The highest BCUT2D eigenvalue weighted by Crippen LogP contribution is 2.23. The molecule has 0 spiro atoms. The van der Waals surface area contributed by atoms with E-state index in [4.69, 9.17) is 22.1 Å². The predicted octanol–water partition coefficient (Wildman–Crippen LogP) is 2.24. The van der Waals surface area contributed by atoms with Crippen LogP contribution in [0.15, 0.2) is 24.3 Å². The van der Waals surface area contributed by atoms with Crippen LogP contribution in [0.25, 0.3) is 6.08 Å². The Balaban J connectivity index is 2.87. The third kappa shape index (κ3) is 3.64. The molecule has 0 aliphatic carbocycles. The van der Waals surface area contributed by atoms with E-state index in [-0.39, 0.29) is 12.3 Å². The number of halogens is 1. The summed E-state index contributed by atoms with van der Waals surface area (Å²) in [6, 6.07) is 5.27. The standard InChI is InChI=1S/C11H12ClNO2/c1-15-10-6-5-9(12)7-8(10)3-2-4-11(13)14/h2-3,5-7H,4H2,1H3,(H2,13,14). The van der Waals surface area contributed by atoms with Gasteiger partial charge >= 0.3 is 0 Å². The molecule has 1 amide bonds. The van der Waals surface area contributed by atoms with Crippen LogP contribution in [0.4, 0.5) is 0 Å². The zero-order valence-corrected chi connectivity index (χ0v) is 9.12. The van der Waals surface area contributed by atoms with Crippen molar-refractivity contribution < 1.29 is 9.53 Å². The van der Waals surface area contributed by atoms with E-state index in [0.29, 0.717) is 10.8 Å². The van der Waals surface area contributed by atoms with Crippen molar-refractivity contribution in [3.63, 3.8) is 0 Å². The van der Waals surface area contributed by atoms with E-state index >= 15 is 0 Å². The molecule has 1 rings (SSSR count). The molecule has 3 nitrogen and oxygen atoms in total. The zero-order chi connectivity index (χ0) is 11.3. The molecule has 2 N–H and O–H groups in total. The number of hydrogen-bond donors (Lipinski definition) is 1. The van der Waals surface area contributed by atoms with Crippen LogP contribution >= 0.6 is 11.6 Å². The highest BCUT2D eigenvalue weighted by molar-refractivity contribution is 6.30. The Labute approximate surface area is 93.5 Å². The van der Waals surface area contributed by atoms with Crippen molar-refractivity contribution >= 4 is 23.6 Å². The van der Waals surface area contributed by atoms with Gasteiger partial charge < -0.3 is 10.5 Å². The molecule has 0 unspecified atom stereocenters. The van der Waals surface area contributed by atoms with Gasteiger partial charge in [0.05, 0.1) is 7.11 Å². The smallest absolute Gasteiger partial charge is 0.221 e. The molecular formula is C11H12ClNO2. The second-order valence-corrected chi connectivity index (χ2v) is 3.40. The van der Waals surface area contributed by atoms with Crippen LogP contribution in [-0.4, -0.2) is 13.0 Å². The van der Waals surface area contributed by atoms with Crippen LogP contribution in [-0.2, 0) is 4.79 Å². The number of ether oxygens (including phenoxy) is 1. The first-order valence-corrected chi connectivity index (χ1v) is 4.79. The zero-order valence-electron chi connectivity index (χ0n) is 8.37. The molecule has 1 aromatic carbocycles. The number of primary amides is 1. The Bertz CT molecular complexity index is 388. The number of carbonyl (C=O) groups excluding carboxylic acids is 1. The molecular weight excluding hydrogens is 214 g/mol. The summed E-state index contributed by atoms with van der Waals surface area (Å²) in [6.07, 6.45) is 3.64. The summed E-state index contributed by atoms with van der Waals surface area (Å²) in [6.45, 7) is 0. The van der Waals surface area contributed by atoms with Crippen LogP contribution in [0.3, 0.4) is 0 Å². The molecule has 15 heavy (non-hydrogen) atoms. The van der Waals surface area contributed by atoms with Crippen molar-refractivity contribution in [1.82, 2.24) is 0 Å². The summed E-state index contributed by atoms with van der Waals surface area (Å²) in [7, 11) is 1.58. The van der Waals surface area contributed by atoms with Crippen molar-refractivity contribution in [1.29, 1.82) is 0 Å². The minimum atomic E-state index is -0.368. The minimum Gasteiger partial charge on any atom is -0.496 e. The summed E-state index contributed by atoms with van der Waals surface area (Å²) in [4.78, 5) is 10.5. The highest BCUT2D eigenvalue weighted by atomic mass is 35.5. The third-order valence-corrected chi connectivity index (χ3v) is 2.04. The van der Waals surface area contributed by atoms with Crippen LogP contribution in [0.2, 0.25) is 5.02 Å². The van der Waals surface area contributed by atoms with Crippen molar-refractivity contribution in [3.8, 4) is 5.75 Å². The van der Waals surface area contributed by atoms with Gasteiger partial charge in [0, 0.05) is 17.0 Å². The second kappa shape index (κ2) is 5.41. The average molecular weight is 226 g/mol. The lowest BCUT2D eigenvalue weighted by atomic mass is 10.1. The van der Waals surface area contributed by atoms with Crippen molar-refractivity contribution in [2.24, 2.45) is 5.73 Å². The number of benzene rings is 1. The molecule has 1 aromatic rings. The van der Waals surface area contributed by atoms with Gasteiger partial charge in [-0.2, -0.15) is 0 Å². The van der Waals surface area contributed by atoms with Gasteiger partial charge in [-0.05, 0) is 18.2 Å². The van der Waals surface area contributed by atoms with E-state index in [1.807, 2.05) is 0 Å². The van der Waals surface area contributed by atoms with E-state index in [2.05, 4.69) is 0 Å². The molecule has 0 atom stereocenters. The monoisotopic (exact) mass is 225 g/mol. The average Bonchev–Trinajstić information content (AvgIpc) is 2.17. The van der Waals surface area contributed by atoms with E-state index < -0.39 is 0 Å². The molecule has 0 heterocycles. The van der Waals surface area contributed by atoms with Gasteiger partial charge in [-0.15, -0.1) is 0 Å². The summed E-state index contributed by atoms with van der Waals surface area (Å²) < 4.78 is 5.13. The molecule has 0 aliphatic heterocycles. The number of carbonyl (C=O) groups is 1. The number of methoxy groups -OCH3 is 1. The first-order valence-electron chi connectivity index (χ1n) is 4.42. The maximum absolute atomic E-state index is 10.5. The number of amides is 1. The van der Waals surface area contributed by atoms with E-state index in [9.17, 15) is 4.79 Å². The first kappa shape index (κ1) is 11.6. The molecule has 0 saturated heterocycles. The SMILES string of the molecule is COc1ccc(Cl)cc1C=CCC(N)=O. The molecule has 0 fully saturated rings. The lowest BCUT2D eigenvalue weighted by Gasteiger charge is -2.04. The van der Waals surface area contributed by atoms with Gasteiger partial charge in [0.1, 0.15) is 5.75 Å². The second-order valence-electron chi connectivity index (χ2n) is 2.96. The minimum absolute atomic E-state index is 0.204. The molecule has 0 radical (unpaired) electrons. The highest BCUT2D eigenvalue weighted by Gasteiger charge is 1.99. The van der Waals surface area contributed by atoms with Gasteiger partial charge in [0.2, 0.25) is 5.91 Å². The molecule has 4 heteroatoms. The lowest BCUT2D eigenvalue weighted by molar-refractivity contribution is -0.117. The number of hydrogen-bond acceptors (Lipinski definition) is 2. The van der Waals surface area contributed by atoms with E-state index in [1.54, 1.807) is 37.5 Å². The summed E-state index contributed by atoms with van der Waals surface area (Å²) in [5.74, 6) is 0.340. The van der Waals surface area contributed by atoms with Crippen LogP contribution in [0.1, 0.15) is 12.0 Å². The number of nitrogens with two attached hydrogens (primary N) is 1. The van der Waals surface area contributed by atoms with Crippen LogP contribution in [0, 0.1) is 0 Å². The molecule has 0 saturated carbocycles. The van der Waals surface area contributed by atoms with Gasteiger partial charge in [0.15, 0.2) is 0 Å². The Morgan fingerprint density at radius 3 is 2.93 bits per heavy atom. The summed E-state index contributed by atoms with van der Waals surface area (Å²) in [5.41, 5.74) is 5.83. The van der Waals surface area contributed by atoms with Crippen LogP contribution in [0.5, 0.6) is 5.75 Å². The Hall–Kier alpha value is -1.48. The fourth-order valence-corrected chi connectivity index (χ4v) is 1.32. The maximum atomic E-state index is 10.5. The fraction of sp³-hybridized carbons (Fsp3) is 0.182. The third-order valence-electron chi connectivity index (χ3n) is 1.81. The predicted molar refractivity (Wildman–Crippen MR) is 60.8 cm³/mol. The lowest BCUT2D eigenvalue weighted by Crippen LogP contribution is -2.07. The van der Waals surface area contributed by atoms with Crippen molar-refractivity contribution in [2.75, 3.05) is 7.11 Å². The summed E-state index contributed by atoms with van der Waals surface area (Å²) in [5, 5.41) is 0.620. The van der Waals surface area contributed by atoms with Gasteiger partial charge in [-0.1, -0.05) is 23.8 Å². The normalized spacial score (nSPS) is 10.5. The molecule has 0 bridgehead atoms. The van der Waals surface area contributed by atoms with Gasteiger partial charge in [-0.25, -0.2) is 0 Å². The molecule has 0 aliphatic rings. The Kier molecular flexibility index (Phi) is 4.18. The first-order chi connectivity index (χ1) is 7.13. The summed E-state index contributed by atoms with van der Waals surface area (Å²) >= 11 is 5.83. The molecule has 0 aromatic heterocycles. The van der Waals surface area contributed by atoms with E-state index in [0.717, 1.165) is 5.56 Å². The van der Waals surface area contributed by atoms with Crippen molar-refractivity contribution in [2.45, 2.75) is 6.42 Å². The quantitative estimate of drug-likeness (QED) is 0.855. The topological polar surface area (TPSA) is 52.3 Å².